The first-order chi connectivity index (χ1) is 16.4. The topological polar surface area (TPSA) is 98.0 Å². The predicted molar refractivity (Wildman–Crippen MR) is 135 cm³/mol. The van der Waals surface area contributed by atoms with Gasteiger partial charge in [-0.15, -0.1) is 11.3 Å². The van der Waals surface area contributed by atoms with Crippen LogP contribution in [-0.4, -0.2) is 25.9 Å². The largest absolute Gasteiger partial charge is 0.350 e. The Hall–Kier alpha value is -3.72. The van der Waals surface area contributed by atoms with Gasteiger partial charge in [0, 0.05) is 24.4 Å². The number of aryl methyl sites for hydroxylation is 1. The van der Waals surface area contributed by atoms with Crippen molar-refractivity contribution in [2.75, 3.05) is 5.32 Å². The highest BCUT2D eigenvalue weighted by molar-refractivity contribution is 7.14. The molecule has 2 heterocycles. The number of hydrogen-bond acceptors (Lipinski definition) is 5. The number of thiazole rings is 1. The first-order valence-electron chi connectivity index (χ1n) is 11.2. The number of amides is 2. The maximum atomic E-state index is 12.9. The summed E-state index contributed by atoms with van der Waals surface area (Å²) >= 11 is 1.33. The Labute approximate surface area is 201 Å². The van der Waals surface area contributed by atoms with Crippen LogP contribution in [0.3, 0.4) is 0 Å². The van der Waals surface area contributed by atoms with E-state index in [4.69, 9.17) is 0 Å². The van der Waals surface area contributed by atoms with Crippen LogP contribution in [0.1, 0.15) is 38.8 Å². The second-order valence-electron chi connectivity index (χ2n) is 8.14. The van der Waals surface area contributed by atoms with Crippen LogP contribution in [0.15, 0.2) is 58.7 Å². The second-order valence-corrected chi connectivity index (χ2v) is 9.00. The van der Waals surface area contributed by atoms with Gasteiger partial charge in [0.15, 0.2) is 5.13 Å². The lowest BCUT2D eigenvalue weighted by atomic mass is 10.1. The van der Waals surface area contributed by atoms with Crippen molar-refractivity contribution >= 4 is 39.3 Å². The van der Waals surface area contributed by atoms with E-state index in [2.05, 4.69) is 15.6 Å². The van der Waals surface area contributed by atoms with Crippen molar-refractivity contribution in [2.24, 2.45) is 0 Å². The van der Waals surface area contributed by atoms with Crippen LogP contribution in [-0.2, 0) is 22.7 Å². The molecule has 0 saturated carbocycles. The average Bonchev–Trinajstić information content (AvgIpc) is 3.38. The molecule has 0 radical (unpaired) electrons. The van der Waals surface area contributed by atoms with Crippen molar-refractivity contribution in [3.63, 3.8) is 0 Å². The van der Waals surface area contributed by atoms with Gasteiger partial charge in [-0.2, -0.15) is 0 Å². The summed E-state index contributed by atoms with van der Waals surface area (Å²) in [6.07, 6.45) is 0.829. The molecule has 0 fully saturated rings. The predicted octanol–water partition coefficient (Wildman–Crippen LogP) is 4.17. The molecule has 4 aromatic rings. The first-order valence-corrected chi connectivity index (χ1v) is 12.1. The molecule has 0 aliphatic rings. The van der Waals surface area contributed by atoms with Crippen LogP contribution in [0.25, 0.3) is 22.3 Å². The molecule has 34 heavy (non-hydrogen) atoms. The number of rotatable bonds is 8. The lowest BCUT2D eigenvalue weighted by molar-refractivity contribution is -0.119. The molecule has 1 atom stereocenters. The fraction of sp³-hybridized carbons (Fsp3) is 0.280. The molecule has 4 rings (SSSR count). The van der Waals surface area contributed by atoms with E-state index in [9.17, 15) is 14.4 Å². The van der Waals surface area contributed by atoms with Gasteiger partial charge in [0.25, 0.3) is 0 Å². The van der Waals surface area contributed by atoms with Gasteiger partial charge >= 0.3 is 5.69 Å². The number of nitrogens with zero attached hydrogens (tertiary/aromatic N) is 3. The van der Waals surface area contributed by atoms with Crippen molar-refractivity contribution in [1.29, 1.82) is 0 Å². The fourth-order valence-electron chi connectivity index (χ4n) is 3.96. The second kappa shape index (κ2) is 10.0. The standard InChI is InChI=1S/C25H27N5O3S/c1-4-13-29-21-7-5-6-8-22(21)30(25(29)33)14-23(32)28-24-27-20(15-34-24)19-11-9-18(10-12-19)16(2)26-17(3)31/h5-12,15-16H,4,13-14H2,1-3H3,(H,26,31)(H,27,28,32). The Morgan fingerprint density at radius 3 is 2.38 bits per heavy atom. The number of para-hydroxylation sites is 2. The van der Waals surface area contributed by atoms with Gasteiger partial charge in [-0.3, -0.25) is 18.7 Å². The zero-order valence-corrected chi connectivity index (χ0v) is 20.2. The Morgan fingerprint density at radius 1 is 1.06 bits per heavy atom. The van der Waals surface area contributed by atoms with Crippen molar-refractivity contribution in [2.45, 2.75) is 46.3 Å². The van der Waals surface area contributed by atoms with Crippen LogP contribution in [0, 0.1) is 0 Å². The molecule has 0 aliphatic heterocycles. The SMILES string of the molecule is CCCn1c(=O)n(CC(=O)Nc2nc(-c3ccc(C(C)NC(C)=O)cc3)cs2)c2ccccc21. The van der Waals surface area contributed by atoms with E-state index in [1.165, 1.54) is 22.8 Å². The third-order valence-corrected chi connectivity index (χ3v) is 6.31. The summed E-state index contributed by atoms with van der Waals surface area (Å²) < 4.78 is 3.21. The van der Waals surface area contributed by atoms with Crippen LogP contribution < -0.4 is 16.3 Å². The van der Waals surface area contributed by atoms with Gasteiger partial charge in [0.05, 0.1) is 22.8 Å². The Bertz CT molecular complexity index is 1380. The third-order valence-electron chi connectivity index (χ3n) is 5.55. The molecule has 9 heteroatoms. The van der Waals surface area contributed by atoms with Gasteiger partial charge in [-0.25, -0.2) is 9.78 Å². The lowest BCUT2D eigenvalue weighted by Gasteiger charge is -2.13. The highest BCUT2D eigenvalue weighted by atomic mass is 32.1. The summed E-state index contributed by atoms with van der Waals surface area (Å²) in [4.78, 5) is 41.4. The van der Waals surface area contributed by atoms with Crippen molar-refractivity contribution in [1.82, 2.24) is 19.4 Å². The molecule has 2 aromatic heterocycles. The first kappa shape index (κ1) is 23.4. The normalized spacial score (nSPS) is 12.0. The van der Waals surface area contributed by atoms with Crippen LogP contribution in [0.2, 0.25) is 0 Å². The molecule has 0 spiro atoms. The Balaban J connectivity index is 1.47. The third kappa shape index (κ3) is 4.94. The number of fused-ring (bicyclic) bond motifs is 1. The van der Waals surface area contributed by atoms with Crippen molar-refractivity contribution in [3.8, 4) is 11.3 Å². The zero-order valence-electron chi connectivity index (χ0n) is 19.4. The summed E-state index contributed by atoms with van der Waals surface area (Å²) in [6, 6.07) is 15.2. The molecule has 0 saturated heterocycles. The minimum Gasteiger partial charge on any atom is -0.350 e. The maximum absolute atomic E-state index is 12.9. The molecule has 1 unspecified atom stereocenters. The number of benzene rings is 2. The Kier molecular flexibility index (Phi) is 6.93. The summed E-state index contributed by atoms with van der Waals surface area (Å²) in [5, 5.41) is 8.03. The molecule has 2 amide bonds. The molecule has 8 nitrogen and oxygen atoms in total. The molecular weight excluding hydrogens is 450 g/mol. The highest BCUT2D eigenvalue weighted by Crippen LogP contribution is 2.26. The van der Waals surface area contributed by atoms with Gasteiger partial charge in [-0.1, -0.05) is 43.3 Å². The van der Waals surface area contributed by atoms with E-state index < -0.39 is 0 Å². The quantitative estimate of drug-likeness (QED) is 0.398. The maximum Gasteiger partial charge on any atom is 0.329 e. The number of nitrogens with one attached hydrogen (secondary N) is 2. The number of hydrogen-bond donors (Lipinski definition) is 2. The zero-order chi connectivity index (χ0) is 24.2. The number of anilines is 1. The number of carbonyl (C=O) groups is 2. The summed E-state index contributed by atoms with van der Waals surface area (Å²) in [5.74, 6) is -0.379. The van der Waals surface area contributed by atoms with Gasteiger partial charge in [0.2, 0.25) is 11.8 Å². The van der Waals surface area contributed by atoms with E-state index >= 15 is 0 Å². The minimum atomic E-state index is -0.304. The minimum absolute atomic E-state index is 0.0753. The van der Waals surface area contributed by atoms with Gasteiger partial charge < -0.3 is 10.6 Å². The summed E-state index contributed by atoms with van der Waals surface area (Å²) in [6.45, 7) is 5.96. The lowest BCUT2D eigenvalue weighted by Crippen LogP contribution is -2.29. The summed E-state index contributed by atoms with van der Waals surface area (Å²) in [5.41, 5.74) is 4.03. The van der Waals surface area contributed by atoms with Gasteiger partial charge in [0.1, 0.15) is 6.54 Å². The highest BCUT2D eigenvalue weighted by Gasteiger charge is 2.16. The number of aromatic nitrogens is 3. The van der Waals surface area contributed by atoms with Crippen molar-refractivity contribution < 1.29 is 9.59 Å². The van der Waals surface area contributed by atoms with E-state index in [0.29, 0.717) is 11.7 Å². The monoisotopic (exact) mass is 477 g/mol. The smallest absolute Gasteiger partial charge is 0.329 e. The molecule has 2 aromatic carbocycles. The fourth-order valence-corrected chi connectivity index (χ4v) is 4.70. The van der Waals surface area contributed by atoms with Crippen LogP contribution in [0.5, 0.6) is 0 Å². The molecule has 176 valence electrons. The van der Waals surface area contributed by atoms with Crippen LogP contribution >= 0.6 is 11.3 Å². The van der Waals surface area contributed by atoms with Gasteiger partial charge in [-0.05, 0) is 31.0 Å². The van der Waals surface area contributed by atoms with E-state index in [0.717, 1.165) is 34.3 Å². The van der Waals surface area contributed by atoms with E-state index in [-0.39, 0.29) is 30.1 Å². The van der Waals surface area contributed by atoms with Crippen molar-refractivity contribution in [3.05, 3.63) is 70.0 Å². The van der Waals surface area contributed by atoms with E-state index in [1.807, 2.05) is 67.8 Å². The molecular formula is C25H27N5O3S. The molecule has 0 bridgehead atoms. The molecule has 2 N–H and O–H groups in total. The summed E-state index contributed by atoms with van der Waals surface area (Å²) in [7, 11) is 0. The van der Waals surface area contributed by atoms with Crippen LogP contribution in [0.4, 0.5) is 5.13 Å². The number of imidazole rings is 1. The number of carbonyl (C=O) groups excluding carboxylic acids is 2. The van der Waals surface area contributed by atoms with E-state index in [1.54, 1.807) is 4.57 Å². The Morgan fingerprint density at radius 2 is 1.74 bits per heavy atom. The average molecular weight is 478 g/mol. The molecule has 0 aliphatic carbocycles.